The minimum absolute atomic E-state index is 0.325. The van der Waals surface area contributed by atoms with Gasteiger partial charge in [-0.25, -0.2) is 4.39 Å². The first-order valence-electron chi connectivity index (χ1n) is 6.61. The summed E-state index contributed by atoms with van der Waals surface area (Å²) in [6.45, 7) is 0.418. The normalized spacial score (nSPS) is 15.4. The molecule has 0 spiro atoms. The summed E-state index contributed by atoms with van der Waals surface area (Å²) in [5.74, 6) is 0.280. The van der Waals surface area contributed by atoms with Crippen LogP contribution >= 0.6 is 0 Å². The molecule has 0 aromatic heterocycles. The Morgan fingerprint density at radius 3 is 2.55 bits per heavy atom. The molecule has 0 aliphatic heterocycles. The lowest BCUT2D eigenvalue weighted by molar-refractivity contribution is 0.301. The van der Waals surface area contributed by atoms with Gasteiger partial charge < -0.3 is 4.74 Å². The Morgan fingerprint density at radius 2 is 1.90 bits per heavy atom. The molecule has 2 nitrogen and oxygen atoms in total. The van der Waals surface area contributed by atoms with Crippen LogP contribution in [0.1, 0.15) is 24.0 Å². The predicted molar refractivity (Wildman–Crippen MR) is 73.7 cm³/mol. The summed E-state index contributed by atoms with van der Waals surface area (Å²) >= 11 is 0. The quantitative estimate of drug-likeness (QED) is 0.840. The van der Waals surface area contributed by atoms with Crippen molar-refractivity contribution in [3.63, 3.8) is 0 Å². The van der Waals surface area contributed by atoms with Crippen molar-refractivity contribution in [3.8, 4) is 11.8 Å². The monoisotopic (exact) mass is 267 g/mol. The van der Waals surface area contributed by atoms with Gasteiger partial charge in [0, 0.05) is 5.56 Å². The molecule has 100 valence electrons. The predicted octanol–water partition coefficient (Wildman–Crippen LogP) is 3.96. The average Bonchev–Trinajstić information content (AvgIpc) is 3.28. The second-order valence-electron chi connectivity index (χ2n) is 5.11. The fourth-order valence-corrected chi connectivity index (χ4v) is 2.30. The number of ether oxygens (including phenoxy) is 1. The van der Waals surface area contributed by atoms with Crippen molar-refractivity contribution in [1.82, 2.24) is 0 Å². The van der Waals surface area contributed by atoms with Gasteiger partial charge in [0.2, 0.25) is 0 Å². The highest BCUT2D eigenvalue weighted by Gasteiger charge is 2.47. The molecule has 1 saturated carbocycles. The Kier molecular flexibility index (Phi) is 3.15. The second-order valence-corrected chi connectivity index (χ2v) is 5.11. The van der Waals surface area contributed by atoms with Gasteiger partial charge in [-0.3, -0.25) is 0 Å². The largest absolute Gasteiger partial charge is 0.489 e. The summed E-state index contributed by atoms with van der Waals surface area (Å²) in [7, 11) is 0. The van der Waals surface area contributed by atoms with Crippen LogP contribution in [0.2, 0.25) is 0 Å². The molecule has 2 aromatic carbocycles. The van der Waals surface area contributed by atoms with E-state index >= 15 is 0 Å². The topological polar surface area (TPSA) is 33.0 Å². The molecule has 0 saturated heterocycles. The summed E-state index contributed by atoms with van der Waals surface area (Å²) in [5, 5.41) is 9.28. The fraction of sp³-hybridized carbons (Fsp3) is 0.235. The molecule has 2 aromatic rings. The average molecular weight is 267 g/mol. The van der Waals surface area contributed by atoms with Crippen molar-refractivity contribution in [2.75, 3.05) is 0 Å². The van der Waals surface area contributed by atoms with Gasteiger partial charge in [-0.2, -0.15) is 5.26 Å². The Morgan fingerprint density at radius 1 is 1.15 bits per heavy atom. The highest BCUT2D eigenvalue weighted by Crippen LogP contribution is 2.51. The van der Waals surface area contributed by atoms with Gasteiger partial charge in [0.1, 0.15) is 18.2 Å². The molecule has 0 unspecified atom stereocenters. The van der Waals surface area contributed by atoms with E-state index in [4.69, 9.17) is 4.74 Å². The maximum Gasteiger partial charge on any atom is 0.124 e. The van der Waals surface area contributed by atoms with Crippen LogP contribution in [0.3, 0.4) is 0 Å². The molecule has 0 N–H and O–H groups in total. The molecule has 0 atom stereocenters. The molecule has 20 heavy (non-hydrogen) atoms. The number of nitrogens with zero attached hydrogens (tertiary/aromatic N) is 1. The minimum Gasteiger partial charge on any atom is -0.489 e. The molecular weight excluding hydrogens is 253 g/mol. The lowest BCUT2D eigenvalue weighted by Crippen LogP contribution is -2.07. The number of hydrogen-bond acceptors (Lipinski definition) is 2. The number of hydrogen-bond donors (Lipinski definition) is 0. The fourth-order valence-electron chi connectivity index (χ4n) is 2.30. The number of rotatable bonds is 4. The molecule has 0 bridgehead atoms. The molecule has 0 heterocycles. The van der Waals surface area contributed by atoms with Crippen LogP contribution in [0, 0.1) is 17.1 Å². The third kappa shape index (κ3) is 2.37. The Hall–Kier alpha value is -2.34. The Bertz CT molecular complexity index is 656. The van der Waals surface area contributed by atoms with Crippen LogP contribution in [0.4, 0.5) is 4.39 Å². The van der Waals surface area contributed by atoms with Crippen LogP contribution in [-0.2, 0) is 12.0 Å². The molecule has 0 radical (unpaired) electrons. The standard InChI is InChI=1S/C17H14FNO/c18-14-6-7-16(15(10-14)17(12-19)8-9-17)20-11-13-4-2-1-3-5-13/h1-7,10H,8-9,11H2. The Labute approximate surface area is 117 Å². The second kappa shape index (κ2) is 4.97. The van der Waals surface area contributed by atoms with E-state index in [0.717, 1.165) is 18.4 Å². The van der Waals surface area contributed by atoms with Gasteiger partial charge in [0.25, 0.3) is 0 Å². The van der Waals surface area contributed by atoms with Crippen molar-refractivity contribution < 1.29 is 9.13 Å². The van der Waals surface area contributed by atoms with E-state index in [-0.39, 0.29) is 5.82 Å². The molecular formula is C17H14FNO. The van der Waals surface area contributed by atoms with Gasteiger partial charge >= 0.3 is 0 Å². The summed E-state index contributed by atoms with van der Waals surface area (Å²) in [4.78, 5) is 0. The lowest BCUT2D eigenvalue weighted by Gasteiger charge is -2.14. The molecule has 1 aliphatic carbocycles. The van der Waals surface area contributed by atoms with E-state index in [2.05, 4.69) is 6.07 Å². The lowest BCUT2D eigenvalue weighted by atomic mass is 9.96. The van der Waals surface area contributed by atoms with E-state index in [1.54, 1.807) is 6.07 Å². The maximum atomic E-state index is 13.4. The number of halogens is 1. The number of benzene rings is 2. The minimum atomic E-state index is -0.547. The van der Waals surface area contributed by atoms with Gasteiger partial charge in [-0.1, -0.05) is 30.3 Å². The molecule has 0 amide bonds. The van der Waals surface area contributed by atoms with Crippen LogP contribution in [0.25, 0.3) is 0 Å². The molecule has 3 heteroatoms. The van der Waals surface area contributed by atoms with E-state index in [1.807, 2.05) is 30.3 Å². The summed E-state index contributed by atoms with van der Waals surface area (Å²) in [6, 6.07) is 16.5. The highest BCUT2D eigenvalue weighted by atomic mass is 19.1. The first-order valence-corrected chi connectivity index (χ1v) is 6.61. The zero-order chi connectivity index (χ0) is 14.0. The van der Waals surface area contributed by atoms with Crippen LogP contribution in [0.15, 0.2) is 48.5 Å². The van der Waals surface area contributed by atoms with Crippen LogP contribution in [0.5, 0.6) is 5.75 Å². The highest BCUT2D eigenvalue weighted by molar-refractivity contribution is 5.48. The molecule has 1 aliphatic rings. The number of nitriles is 1. The SMILES string of the molecule is N#CC1(c2cc(F)ccc2OCc2ccccc2)CC1. The van der Waals surface area contributed by atoms with Gasteiger partial charge in [-0.15, -0.1) is 0 Å². The van der Waals surface area contributed by atoms with E-state index < -0.39 is 5.41 Å². The van der Waals surface area contributed by atoms with Gasteiger partial charge in [-0.05, 0) is 36.6 Å². The van der Waals surface area contributed by atoms with Crippen molar-refractivity contribution in [1.29, 1.82) is 5.26 Å². The smallest absolute Gasteiger partial charge is 0.124 e. The first kappa shape index (κ1) is 12.7. The maximum absolute atomic E-state index is 13.4. The third-order valence-corrected chi connectivity index (χ3v) is 3.66. The van der Waals surface area contributed by atoms with Crippen LogP contribution in [-0.4, -0.2) is 0 Å². The first-order chi connectivity index (χ1) is 9.73. The van der Waals surface area contributed by atoms with E-state index in [1.165, 1.54) is 12.1 Å². The zero-order valence-electron chi connectivity index (χ0n) is 11.0. The van der Waals surface area contributed by atoms with Crippen molar-refractivity contribution >= 4 is 0 Å². The van der Waals surface area contributed by atoms with Crippen LogP contribution < -0.4 is 4.74 Å². The van der Waals surface area contributed by atoms with Crippen molar-refractivity contribution in [2.45, 2.75) is 24.9 Å². The zero-order valence-corrected chi connectivity index (χ0v) is 11.0. The van der Waals surface area contributed by atoms with Gasteiger partial charge in [0.05, 0.1) is 11.5 Å². The molecule has 3 rings (SSSR count). The summed E-state index contributed by atoms with van der Waals surface area (Å²) < 4.78 is 19.2. The summed E-state index contributed by atoms with van der Waals surface area (Å²) in [6.07, 6.45) is 1.54. The van der Waals surface area contributed by atoms with Crippen molar-refractivity contribution in [3.05, 3.63) is 65.5 Å². The Balaban J connectivity index is 1.85. The summed E-state index contributed by atoms with van der Waals surface area (Å²) in [5.41, 5.74) is 1.18. The molecule has 1 fully saturated rings. The van der Waals surface area contributed by atoms with Gasteiger partial charge in [0.15, 0.2) is 0 Å². The van der Waals surface area contributed by atoms with E-state index in [9.17, 15) is 9.65 Å². The van der Waals surface area contributed by atoms with Crippen molar-refractivity contribution in [2.24, 2.45) is 0 Å². The third-order valence-electron chi connectivity index (χ3n) is 3.66. The van der Waals surface area contributed by atoms with E-state index in [0.29, 0.717) is 17.9 Å².